The molecule has 1 heterocycles. The predicted octanol–water partition coefficient (Wildman–Crippen LogP) is 3.37. The normalized spacial score (nSPS) is 11.9. The molecular weight excluding hydrogens is 386 g/mol. The predicted molar refractivity (Wildman–Crippen MR) is 113 cm³/mol. The zero-order valence-electron chi connectivity index (χ0n) is 16.4. The third-order valence-corrected chi connectivity index (χ3v) is 4.28. The lowest BCUT2D eigenvalue weighted by atomic mass is 10.1. The molecule has 1 aliphatic heterocycles. The number of hydrogen-bond donors (Lipinski definition) is 3. The van der Waals surface area contributed by atoms with Crippen molar-refractivity contribution in [2.75, 3.05) is 30.4 Å². The Kier molecular flexibility index (Phi) is 7.05. The van der Waals surface area contributed by atoms with E-state index >= 15 is 0 Å². The fourth-order valence-corrected chi connectivity index (χ4v) is 2.79. The number of amides is 3. The van der Waals surface area contributed by atoms with Gasteiger partial charge in [-0.25, -0.2) is 4.79 Å². The second-order valence-electron chi connectivity index (χ2n) is 6.53. The van der Waals surface area contributed by atoms with E-state index < -0.39 is 0 Å². The standard InChI is InChI=1S/C22H23N3O5/c1-2-11-23-22(28)25-17-6-4-16(5-7-17)24-21(27)10-8-18(26)15-3-9-19-20(14-15)30-13-12-29-19/h2-7,9,14H,1,8,10-13H2,(H,24,27)(H2,23,25,28). The van der Waals surface area contributed by atoms with Crippen LogP contribution in [0.15, 0.2) is 55.1 Å². The highest BCUT2D eigenvalue weighted by Gasteiger charge is 2.16. The largest absolute Gasteiger partial charge is 0.486 e. The molecule has 0 saturated heterocycles. The lowest BCUT2D eigenvalue weighted by molar-refractivity contribution is -0.116. The molecule has 0 fully saturated rings. The molecule has 0 bridgehead atoms. The van der Waals surface area contributed by atoms with E-state index in [4.69, 9.17) is 9.47 Å². The fourth-order valence-electron chi connectivity index (χ4n) is 2.79. The van der Waals surface area contributed by atoms with E-state index in [1.54, 1.807) is 48.5 Å². The highest BCUT2D eigenvalue weighted by atomic mass is 16.6. The van der Waals surface area contributed by atoms with Crippen LogP contribution in [0.5, 0.6) is 11.5 Å². The zero-order valence-corrected chi connectivity index (χ0v) is 16.4. The van der Waals surface area contributed by atoms with Gasteiger partial charge in [-0.1, -0.05) is 6.08 Å². The molecule has 2 aromatic carbocycles. The summed E-state index contributed by atoms with van der Waals surface area (Å²) in [6.07, 6.45) is 1.71. The molecule has 0 radical (unpaired) electrons. The molecule has 8 nitrogen and oxygen atoms in total. The maximum Gasteiger partial charge on any atom is 0.319 e. The Balaban J connectivity index is 1.46. The van der Waals surface area contributed by atoms with Crippen molar-refractivity contribution >= 4 is 29.1 Å². The van der Waals surface area contributed by atoms with Gasteiger partial charge in [0.15, 0.2) is 17.3 Å². The van der Waals surface area contributed by atoms with Gasteiger partial charge in [-0.2, -0.15) is 0 Å². The van der Waals surface area contributed by atoms with Gasteiger partial charge in [-0.15, -0.1) is 6.58 Å². The van der Waals surface area contributed by atoms with Crippen LogP contribution >= 0.6 is 0 Å². The van der Waals surface area contributed by atoms with Gasteiger partial charge in [-0.3, -0.25) is 9.59 Å². The number of nitrogens with one attached hydrogen (secondary N) is 3. The monoisotopic (exact) mass is 409 g/mol. The molecule has 0 unspecified atom stereocenters. The summed E-state index contributed by atoms with van der Waals surface area (Å²) in [7, 11) is 0. The molecule has 0 saturated carbocycles. The molecular formula is C22H23N3O5. The number of anilines is 2. The Labute approximate surface area is 174 Å². The van der Waals surface area contributed by atoms with Crippen LogP contribution in [0.2, 0.25) is 0 Å². The summed E-state index contributed by atoms with van der Waals surface area (Å²) < 4.78 is 10.9. The first-order valence-electron chi connectivity index (χ1n) is 9.53. The molecule has 2 aromatic rings. The first-order chi connectivity index (χ1) is 14.5. The SMILES string of the molecule is C=CCNC(=O)Nc1ccc(NC(=O)CCC(=O)c2ccc3c(c2)OCCO3)cc1. The molecule has 1 aliphatic rings. The van der Waals surface area contributed by atoms with Gasteiger partial charge in [0.1, 0.15) is 13.2 Å². The van der Waals surface area contributed by atoms with Crippen molar-refractivity contribution in [3.8, 4) is 11.5 Å². The van der Waals surface area contributed by atoms with Gasteiger partial charge >= 0.3 is 6.03 Å². The van der Waals surface area contributed by atoms with E-state index in [0.717, 1.165) is 0 Å². The van der Waals surface area contributed by atoms with Crippen molar-refractivity contribution in [3.05, 3.63) is 60.7 Å². The van der Waals surface area contributed by atoms with E-state index in [1.165, 1.54) is 0 Å². The van der Waals surface area contributed by atoms with Crippen molar-refractivity contribution in [2.45, 2.75) is 12.8 Å². The van der Waals surface area contributed by atoms with Crippen LogP contribution in [0.25, 0.3) is 0 Å². The number of ether oxygens (including phenoxy) is 2. The minimum atomic E-state index is -0.343. The van der Waals surface area contributed by atoms with Gasteiger partial charge in [-0.05, 0) is 42.5 Å². The average molecular weight is 409 g/mol. The van der Waals surface area contributed by atoms with E-state index in [-0.39, 0.29) is 30.6 Å². The highest BCUT2D eigenvalue weighted by molar-refractivity contribution is 6.00. The Morgan fingerprint density at radius 2 is 1.57 bits per heavy atom. The number of benzene rings is 2. The second kappa shape index (κ2) is 10.1. The summed E-state index contributed by atoms with van der Waals surface area (Å²) in [5, 5.41) is 8.00. The quantitative estimate of drug-likeness (QED) is 0.458. The van der Waals surface area contributed by atoms with Crippen molar-refractivity contribution in [3.63, 3.8) is 0 Å². The van der Waals surface area contributed by atoms with E-state index in [1.807, 2.05) is 0 Å². The topological polar surface area (TPSA) is 106 Å². The number of Topliss-reactive ketones (excluding diaryl/α,β-unsaturated/α-hetero) is 1. The summed E-state index contributed by atoms with van der Waals surface area (Å²) in [5.41, 5.74) is 1.64. The molecule has 3 amide bonds. The van der Waals surface area contributed by atoms with Crippen LogP contribution in [0.4, 0.5) is 16.2 Å². The summed E-state index contributed by atoms with van der Waals surface area (Å²) in [6.45, 7) is 4.82. The second-order valence-corrected chi connectivity index (χ2v) is 6.53. The smallest absolute Gasteiger partial charge is 0.319 e. The summed E-state index contributed by atoms with van der Waals surface area (Å²) >= 11 is 0. The first-order valence-corrected chi connectivity index (χ1v) is 9.53. The van der Waals surface area contributed by atoms with Gasteiger partial charge in [0.2, 0.25) is 5.91 Å². The minimum Gasteiger partial charge on any atom is -0.486 e. The van der Waals surface area contributed by atoms with E-state index in [0.29, 0.717) is 48.2 Å². The summed E-state index contributed by atoms with van der Waals surface area (Å²) in [4.78, 5) is 36.1. The Hall–Kier alpha value is -3.81. The molecule has 0 atom stereocenters. The van der Waals surface area contributed by atoms with E-state index in [9.17, 15) is 14.4 Å². The van der Waals surface area contributed by atoms with Gasteiger partial charge < -0.3 is 25.4 Å². The molecule has 8 heteroatoms. The maximum atomic E-state index is 12.4. The average Bonchev–Trinajstić information content (AvgIpc) is 2.77. The third-order valence-electron chi connectivity index (χ3n) is 4.28. The van der Waals surface area contributed by atoms with Crippen LogP contribution in [0.1, 0.15) is 23.2 Å². The Bertz CT molecular complexity index is 940. The highest BCUT2D eigenvalue weighted by Crippen LogP contribution is 2.31. The van der Waals surface area contributed by atoms with Crippen molar-refractivity contribution in [1.82, 2.24) is 5.32 Å². The van der Waals surface area contributed by atoms with Gasteiger partial charge in [0.25, 0.3) is 0 Å². The van der Waals surface area contributed by atoms with Crippen LogP contribution in [-0.4, -0.2) is 37.5 Å². The molecule has 3 rings (SSSR count). The summed E-state index contributed by atoms with van der Waals surface area (Å²) in [5.74, 6) is 0.743. The van der Waals surface area contributed by atoms with Gasteiger partial charge in [0, 0.05) is 36.3 Å². The molecule has 30 heavy (non-hydrogen) atoms. The fraction of sp³-hybridized carbons (Fsp3) is 0.227. The Morgan fingerprint density at radius 1 is 0.900 bits per heavy atom. The summed E-state index contributed by atoms with van der Waals surface area (Å²) in [6, 6.07) is 11.4. The lowest BCUT2D eigenvalue weighted by Gasteiger charge is -2.18. The zero-order chi connectivity index (χ0) is 21.3. The van der Waals surface area contributed by atoms with Crippen LogP contribution in [-0.2, 0) is 4.79 Å². The first kappa shape index (κ1) is 20.9. The van der Waals surface area contributed by atoms with Crippen LogP contribution in [0, 0.1) is 0 Å². The third kappa shape index (κ3) is 5.84. The molecule has 0 aromatic heterocycles. The molecule has 0 spiro atoms. The molecule has 156 valence electrons. The minimum absolute atomic E-state index is 0.0528. The number of carbonyl (C=O) groups is 3. The number of hydrogen-bond acceptors (Lipinski definition) is 5. The number of carbonyl (C=O) groups excluding carboxylic acids is 3. The van der Waals surface area contributed by atoms with E-state index in [2.05, 4.69) is 22.5 Å². The molecule has 3 N–H and O–H groups in total. The number of fused-ring (bicyclic) bond motifs is 1. The van der Waals surface area contributed by atoms with Crippen molar-refractivity contribution in [1.29, 1.82) is 0 Å². The maximum absolute atomic E-state index is 12.4. The van der Waals surface area contributed by atoms with Gasteiger partial charge in [0.05, 0.1) is 0 Å². The lowest BCUT2D eigenvalue weighted by Crippen LogP contribution is -2.28. The molecule has 0 aliphatic carbocycles. The number of ketones is 1. The van der Waals surface area contributed by atoms with Crippen molar-refractivity contribution < 1.29 is 23.9 Å². The van der Waals surface area contributed by atoms with Crippen molar-refractivity contribution in [2.24, 2.45) is 0 Å². The Morgan fingerprint density at radius 3 is 2.27 bits per heavy atom. The van der Waals surface area contributed by atoms with Crippen LogP contribution < -0.4 is 25.4 Å². The number of urea groups is 1. The van der Waals surface area contributed by atoms with Crippen LogP contribution in [0.3, 0.4) is 0 Å². The number of rotatable bonds is 8.